The van der Waals surface area contributed by atoms with Gasteiger partial charge < -0.3 is 0 Å². The van der Waals surface area contributed by atoms with E-state index < -0.39 is 0 Å². The normalized spacial score (nSPS) is 10.2. The minimum absolute atomic E-state index is 0.704. The standard InChI is InChI=1S/C14H11ClOS/c1-10-6-7-13(11(8-10)9-16)17-14-5-3-2-4-12(14)15/h2-9H,1H3. The fraction of sp³-hybridized carbons (Fsp3) is 0.0714. The third-order valence-corrected chi connectivity index (χ3v) is 3.96. The van der Waals surface area contributed by atoms with Crippen LogP contribution in [0.5, 0.6) is 0 Å². The first kappa shape index (κ1) is 12.2. The summed E-state index contributed by atoms with van der Waals surface area (Å²) in [7, 11) is 0. The lowest BCUT2D eigenvalue weighted by atomic mass is 10.2. The lowest BCUT2D eigenvalue weighted by molar-refractivity contribution is 0.112. The molecule has 0 unspecified atom stereocenters. The van der Waals surface area contributed by atoms with Crippen molar-refractivity contribution < 1.29 is 4.79 Å². The lowest BCUT2D eigenvalue weighted by Gasteiger charge is -2.06. The quantitative estimate of drug-likeness (QED) is 0.752. The van der Waals surface area contributed by atoms with Crippen LogP contribution in [0.25, 0.3) is 0 Å². The van der Waals surface area contributed by atoms with Gasteiger partial charge in [-0.25, -0.2) is 0 Å². The third kappa shape index (κ3) is 2.90. The molecule has 0 N–H and O–H groups in total. The van der Waals surface area contributed by atoms with Gasteiger partial charge in [-0.05, 0) is 31.2 Å². The number of aryl methyl sites for hydroxylation is 1. The van der Waals surface area contributed by atoms with Gasteiger partial charge in [0.1, 0.15) is 0 Å². The summed E-state index contributed by atoms with van der Waals surface area (Å²) in [5.41, 5.74) is 1.78. The van der Waals surface area contributed by atoms with Crippen molar-refractivity contribution in [2.75, 3.05) is 0 Å². The van der Waals surface area contributed by atoms with E-state index in [1.165, 1.54) is 11.8 Å². The van der Waals surface area contributed by atoms with Crippen molar-refractivity contribution in [1.29, 1.82) is 0 Å². The van der Waals surface area contributed by atoms with Crippen LogP contribution in [0.4, 0.5) is 0 Å². The predicted molar refractivity (Wildman–Crippen MR) is 72.1 cm³/mol. The third-order valence-electron chi connectivity index (χ3n) is 2.35. The summed E-state index contributed by atoms with van der Waals surface area (Å²) in [6.07, 6.45) is 0.881. The summed E-state index contributed by atoms with van der Waals surface area (Å²) < 4.78 is 0. The fourth-order valence-corrected chi connectivity index (χ4v) is 2.66. The number of rotatable bonds is 3. The molecule has 0 aliphatic carbocycles. The van der Waals surface area contributed by atoms with Gasteiger partial charge in [0.15, 0.2) is 6.29 Å². The topological polar surface area (TPSA) is 17.1 Å². The average molecular weight is 263 g/mol. The van der Waals surface area contributed by atoms with Crippen molar-refractivity contribution in [2.24, 2.45) is 0 Å². The SMILES string of the molecule is Cc1ccc(Sc2ccccc2Cl)c(C=O)c1. The Morgan fingerprint density at radius 3 is 2.59 bits per heavy atom. The van der Waals surface area contributed by atoms with Crippen molar-refractivity contribution >= 4 is 29.6 Å². The first-order valence-corrected chi connectivity index (χ1v) is 6.38. The maximum Gasteiger partial charge on any atom is 0.151 e. The molecule has 0 heterocycles. The molecule has 86 valence electrons. The summed E-state index contributed by atoms with van der Waals surface area (Å²) in [5, 5.41) is 0.704. The Kier molecular flexibility index (Phi) is 3.87. The van der Waals surface area contributed by atoms with E-state index in [0.29, 0.717) is 10.6 Å². The van der Waals surface area contributed by atoms with Crippen LogP contribution in [0.3, 0.4) is 0 Å². The highest BCUT2D eigenvalue weighted by Crippen LogP contribution is 2.34. The second kappa shape index (κ2) is 5.39. The summed E-state index contributed by atoms with van der Waals surface area (Å²) in [6.45, 7) is 1.97. The van der Waals surface area contributed by atoms with Crippen molar-refractivity contribution in [3.05, 3.63) is 58.6 Å². The van der Waals surface area contributed by atoms with Crippen LogP contribution in [0, 0.1) is 6.92 Å². The van der Waals surface area contributed by atoms with Crippen molar-refractivity contribution in [1.82, 2.24) is 0 Å². The molecular formula is C14H11ClOS. The zero-order chi connectivity index (χ0) is 12.3. The van der Waals surface area contributed by atoms with Gasteiger partial charge in [0.05, 0.1) is 5.02 Å². The molecule has 0 saturated heterocycles. The summed E-state index contributed by atoms with van der Waals surface area (Å²) >= 11 is 7.60. The number of hydrogen-bond donors (Lipinski definition) is 0. The molecule has 0 atom stereocenters. The van der Waals surface area contributed by atoms with E-state index in [-0.39, 0.29) is 0 Å². The molecule has 0 aliphatic heterocycles. The molecular weight excluding hydrogens is 252 g/mol. The Morgan fingerprint density at radius 1 is 1.12 bits per heavy atom. The Balaban J connectivity index is 2.36. The van der Waals surface area contributed by atoms with Gasteiger partial charge in [0.25, 0.3) is 0 Å². The highest BCUT2D eigenvalue weighted by Gasteiger charge is 2.06. The lowest BCUT2D eigenvalue weighted by Crippen LogP contribution is -1.86. The first-order valence-electron chi connectivity index (χ1n) is 5.19. The first-order chi connectivity index (χ1) is 8.20. The van der Waals surface area contributed by atoms with Gasteiger partial charge in [-0.2, -0.15) is 0 Å². The van der Waals surface area contributed by atoms with Gasteiger partial charge in [-0.15, -0.1) is 0 Å². The number of carbonyl (C=O) groups excluding carboxylic acids is 1. The number of carbonyl (C=O) groups is 1. The van der Waals surface area contributed by atoms with E-state index in [4.69, 9.17) is 11.6 Å². The van der Waals surface area contributed by atoms with Crippen LogP contribution in [0.1, 0.15) is 15.9 Å². The molecule has 0 radical (unpaired) electrons. The van der Waals surface area contributed by atoms with Gasteiger partial charge in [0, 0.05) is 15.4 Å². The number of hydrogen-bond acceptors (Lipinski definition) is 2. The van der Waals surface area contributed by atoms with Gasteiger partial charge >= 0.3 is 0 Å². The summed E-state index contributed by atoms with van der Waals surface area (Å²) in [5.74, 6) is 0. The van der Waals surface area contributed by atoms with Crippen LogP contribution in [0.2, 0.25) is 5.02 Å². The second-order valence-corrected chi connectivity index (χ2v) is 5.18. The maximum atomic E-state index is 11.0. The van der Waals surface area contributed by atoms with E-state index >= 15 is 0 Å². The zero-order valence-corrected chi connectivity index (χ0v) is 10.9. The molecule has 2 aromatic carbocycles. The average Bonchev–Trinajstić information content (AvgIpc) is 2.34. The predicted octanol–water partition coefficient (Wildman–Crippen LogP) is 4.61. The Bertz CT molecular complexity index is 552. The van der Waals surface area contributed by atoms with Crippen molar-refractivity contribution in [3.8, 4) is 0 Å². The van der Waals surface area contributed by atoms with Crippen LogP contribution >= 0.6 is 23.4 Å². The second-order valence-electron chi connectivity index (χ2n) is 3.69. The number of benzene rings is 2. The fourth-order valence-electron chi connectivity index (χ4n) is 1.50. The Labute approximate surface area is 110 Å². The van der Waals surface area contributed by atoms with Crippen LogP contribution in [-0.4, -0.2) is 6.29 Å². The highest BCUT2D eigenvalue weighted by atomic mass is 35.5. The van der Waals surface area contributed by atoms with E-state index in [0.717, 1.165) is 21.6 Å². The largest absolute Gasteiger partial charge is 0.298 e. The molecule has 0 aromatic heterocycles. The number of aldehydes is 1. The minimum Gasteiger partial charge on any atom is -0.298 e. The maximum absolute atomic E-state index is 11.0. The van der Waals surface area contributed by atoms with E-state index in [1.54, 1.807) is 0 Å². The summed E-state index contributed by atoms with van der Waals surface area (Å²) in [4.78, 5) is 12.9. The molecule has 3 heteroatoms. The van der Waals surface area contributed by atoms with Crippen molar-refractivity contribution in [3.63, 3.8) is 0 Å². The number of halogens is 1. The molecule has 0 spiro atoms. The van der Waals surface area contributed by atoms with Gasteiger partial charge in [-0.1, -0.05) is 47.1 Å². The molecule has 2 aromatic rings. The molecule has 0 bridgehead atoms. The van der Waals surface area contributed by atoms with E-state index in [2.05, 4.69) is 0 Å². The minimum atomic E-state index is 0.704. The Morgan fingerprint density at radius 2 is 1.88 bits per heavy atom. The molecule has 0 amide bonds. The highest BCUT2D eigenvalue weighted by molar-refractivity contribution is 7.99. The smallest absolute Gasteiger partial charge is 0.151 e. The van der Waals surface area contributed by atoms with Gasteiger partial charge in [-0.3, -0.25) is 4.79 Å². The van der Waals surface area contributed by atoms with Crippen LogP contribution in [-0.2, 0) is 0 Å². The van der Waals surface area contributed by atoms with Crippen LogP contribution in [0.15, 0.2) is 52.3 Å². The molecule has 1 nitrogen and oxygen atoms in total. The molecule has 17 heavy (non-hydrogen) atoms. The molecule has 2 rings (SSSR count). The monoisotopic (exact) mass is 262 g/mol. The Hall–Kier alpha value is -1.25. The molecule has 0 fully saturated rings. The van der Waals surface area contributed by atoms with Crippen molar-refractivity contribution in [2.45, 2.75) is 16.7 Å². The zero-order valence-electron chi connectivity index (χ0n) is 9.31. The van der Waals surface area contributed by atoms with Gasteiger partial charge in [0.2, 0.25) is 0 Å². The molecule has 0 saturated carbocycles. The van der Waals surface area contributed by atoms with E-state index in [1.807, 2.05) is 49.4 Å². The molecule has 0 aliphatic rings. The van der Waals surface area contributed by atoms with Crippen LogP contribution < -0.4 is 0 Å². The summed E-state index contributed by atoms with van der Waals surface area (Å²) in [6, 6.07) is 13.4. The van der Waals surface area contributed by atoms with E-state index in [9.17, 15) is 4.79 Å².